The molecule has 9 heteroatoms. The first-order valence-corrected chi connectivity index (χ1v) is 13.1. The molecule has 4 saturated heterocycles. The highest BCUT2D eigenvalue weighted by atomic mass is 19.1. The number of carbonyl (C=O) groups excluding carboxylic acids is 2. The average Bonchev–Trinajstić information content (AvgIpc) is 3.08. The van der Waals surface area contributed by atoms with Crippen molar-refractivity contribution in [1.29, 1.82) is 0 Å². The maximum absolute atomic E-state index is 13.0. The molecule has 1 aliphatic carbocycles. The van der Waals surface area contributed by atoms with Crippen molar-refractivity contribution in [2.24, 2.45) is 23.7 Å². The van der Waals surface area contributed by atoms with Gasteiger partial charge in [0.1, 0.15) is 5.82 Å². The van der Waals surface area contributed by atoms with Crippen LogP contribution in [0.4, 0.5) is 4.39 Å². The third kappa shape index (κ3) is 4.78. The zero-order valence-electron chi connectivity index (χ0n) is 21.2. The molecular formula is C27H36FNO7. The molecule has 5 fully saturated rings. The Morgan fingerprint density at radius 3 is 2.64 bits per heavy atom. The third-order valence-electron chi connectivity index (χ3n) is 8.55. The van der Waals surface area contributed by atoms with E-state index in [2.05, 4.69) is 12.2 Å². The SMILES string of the molecule is C[C@H]1[C@H](OC(=O)CCC(=O)NCCc2ccc(F)cc2)O[C@@H]2O[C@@]3(C)CC[C@H]4[C@H](C)CC[C@@H]1C24OO3. The van der Waals surface area contributed by atoms with Crippen LogP contribution < -0.4 is 5.32 Å². The molecule has 8 atom stereocenters. The van der Waals surface area contributed by atoms with E-state index in [1.807, 2.05) is 13.8 Å². The highest BCUT2D eigenvalue weighted by Crippen LogP contribution is 2.60. The second-order valence-electron chi connectivity index (χ2n) is 11.0. The van der Waals surface area contributed by atoms with Crippen molar-refractivity contribution in [2.75, 3.05) is 6.54 Å². The van der Waals surface area contributed by atoms with E-state index in [1.165, 1.54) is 12.1 Å². The van der Waals surface area contributed by atoms with Gasteiger partial charge in [-0.05, 0) is 62.1 Å². The fourth-order valence-electron chi connectivity index (χ4n) is 6.50. The van der Waals surface area contributed by atoms with Crippen LogP contribution in [-0.4, -0.2) is 42.4 Å². The standard InChI is InChI=1S/C27H36FNO7/c1-16-4-9-21-17(2)24(33-25-27(21)20(16)12-14-26(3,34-25)35-36-27)32-23(31)11-10-22(30)29-15-13-18-5-7-19(28)8-6-18/h5-8,16-17,20-21,24-25H,4,9-15H2,1-3H3,(H,29,30)/t16-,17-,20+,21+,24-,25-,26-,27?/m1/s1. The van der Waals surface area contributed by atoms with Gasteiger partial charge in [-0.2, -0.15) is 0 Å². The molecule has 1 saturated carbocycles. The van der Waals surface area contributed by atoms with Crippen LogP contribution in [0.2, 0.25) is 0 Å². The van der Waals surface area contributed by atoms with Crippen LogP contribution in [0, 0.1) is 29.5 Å². The predicted molar refractivity (Wildman–Crippen MR) is 125 cm³/mol. The van der Waals surface area contributed by atoms with E-state index in [-0.39, 0.29) is 42.3 Å². The summed E-state index contributed by atoms with van der Waals surface area (Å²) < 4.78 is 31.3. The summed E-state index contributed by atoms with van der Waals surface area (Å²) >= 11 is 0. The number of esters is 1. The van der Waals surface area contributed by atoms with Gasteiger partial charge < -0.3 is 19.5 Å². The van der Waals surface area contributed by atoms with Crippen molar-refractivity contribution in [3.05, 3.63) is 35.6 Å². The summed E-state index contributed by atoms with van der Waals surface area (Å²) in [5.74, 6) is -1.27. The van der Waals surface area contributed by atoms with Crippen LogP contribution in [-0.2, 0) is 40.0 Å². The summed E-state index contributed by atoms with van der Waals surface area (Å²) in [7, 11) is 0. The first-order chi connectivity index (χ1) is 17.2. The fraction of sp³-hybridized carbons (Fsp3) is 0.704. The monoisotopic (exact) mass is 505 g/mol. The van der Waals surface area contributed by atoms with E-state index in [0.29, 0.717) is 25.3 Å². The normalized spacial score (nSPS) is 39.1. The number of nitrogens with one attached hydrogen (secondary N) is 1. The number of halogens is 1. The number of ether oxygens (including phenoxy) is 3. The van der Waals surface area contributed by atoms with Crippen molar-refractivity contribution >= 4 is 11.9 Å². The Kier molecular flexibility index (Phi) is 7.11. The Morgan fingerprint density at radius 2 is 1.86 bits per heavy atom. The van der Waals surface area contributed by atoms with E-state index >= 15 is 0 Å². The minimum absolute atomic E-state index is 0.0191. The van der Waals surface area contributed by atoms with Gasteiger partial charge in [0.15, 0.2) is 11.9 Å². The minimum Gasteiger partial charge on any atom is -0.435 e. The van der Waals surface area contributed by atoms with E-state index in [0.717, 1.165) is 24.8 Å². The Balaban J connectivity index is 1.15. The molecule has 198 valence electrons. The number of fused-ring (bicyclic) bond motifs is 2. The number of carbonyl (C=O) groups is 2. The van der Waals surface area contributed by atoms with Crippen LogP contribution in [0.3, 0.4) is 0 Å². The van der Waals surface area contributed by atoms with Crippen LogP contribution in [0.1, 0.15) is 64.9 Å². The van der Waals surface area contributed by atoms with Gasteiger partial charge in [0.25, 0.3) is 0 Å². The van der Waals surface area contributed by atoms with Gasteiger partial charge in [-0.25, -0.2) is 14.2 Å². The lowest BCUT2D eigenvalue weighted by molar-refractivity contribution is -0.576. The van der Waals surface area contributed by atoms with Crippen molar-refractivity contribution in [3.8, 4) is 0 Å². The molecule has 1 spiro atoms. The maximum atomic E-state index is 13.0. The Hall–Kier alpha value is -2.07. The molecule has 5 aliphatic rings. The van der Waals surface area contributed by atoms with Gasteiger partial charge in [-0.1, -0.05) is 26.0 Å². The van der Waals surface area contributed by atoms with E-state index in [1.54, 1.807) is 12.1 Å². The lowest BCUT2D eigenvalue weighted by atomic mass is 9.58. The largest absolute Gasteiger partial charge is 0.435 e. The second-order valence-corrected chi connectivity index (χ2v) is 11.0. The highest BCUT2D eigenvalue weighted by molar-refractivity contribution is 5.81. The lowest BCUT2D eigenvalue weighted by Crippen LogP contribution is -2.70. The van der Waals surface area contributed by atoms with Gasteiger partial charge >= 0.3 is 5.97 Å². The molecule has 0 aromatic heterocycles. The maximum Gasteiger partial charge on any atom is 0.308 e. The molecule has 1 aromatic rings. The third-order valence-corrected chi connectivity index (χ3v) is 8.55. The number of hydrogen-bond acceptors (Lipinski definition) is 7. The number of benzene rings is 1. The van der Waals surface area contributed by atoms with Gasteiger partial charge in [0, 0.05) is 31.2 Å². The minimum atomic E-state index is -0.890. The Morgan fingerprint density at radius 1 is 1.08 bits per heavy atom. The van der Waals surface area contributed by atoms with Crippen molar-refractivity contribution in [2.45, 2.75) is 89.7 Å². The molecule has 0 radical (unpaired) electrons. The second kappa shape index (κ2) is 10.0. The van der Waals surface area contributed by atoms with Crippen LogP contribution >= 0.6 is 0 Å². The summed E-state index contributed by atoms with van der Waals surface area (Å²) in [6.45, 7) is 6.53. The van der Waals surface area contributed by atoms with E-state index < -0.39 is 29.9 Å². The van der Waals surface area contributed by atoms with Gasteiger partial charge in [0.05, 0.1) is 6.42 Å². The molecule has 6 rings (SSSR count). The lowest BCUT2D eigenvalue weighted by Gasteiger charge is -2.59. The first-order valence-electron chi connectivity index (χ1n) is 13.1. The predicted octanol–water partition coefficient (Wildman–Crippen LogP) is 4.02. The first kappa shape index (κ1) is 25.6. The van der Waals surface area contributed by atoms with Gasteiger partial charge in [-0.3, -0.25) is 9.59 Å². The fourth-order valence-corrected chi connectivity index (χ4v) is 6.50. The average molecular weight is 506 g/mol. The number of hydrogen-bond donors (Lipinski definition) is 1. The summed E-state index contributed by atoms with van der Waals surface area (Å²) in [5, 5.41) is 2.79. The molecule has 1 unspecified atom stereocenters. The zero-order valence-corrected chi connectivity index (χ0v) is 21.2. The van der Waals surface area contributed by atoms with Crippen LogP contribution in [0.15, 0.2) is 24.3 Å². The Labute approximate surface area is 211 Å². The molecule has 1 amide bonds. The summed E-state index contributed by atoms with van der Waals surface area (Å²) in [6.07, 6.45) is 2.71. The molecule has 1 N–H and O–H groups in total. The number of amides is 1. The summed E-state index contributed by atoms with van der Waals surface area (Å²) in [4.78, 5) is 36.8. The van der Waals surface area contributed by atoms with Gasteiger partial charge in [0.2, 0.25) is 18.0 Å². The highest BCUT2D eigenvalue weighted by Gasteiger charge is 2.69. The smallest absolute Gasteiger partial charge is 0.308 e. The van der Waals surface area contributed by atoms with Crippen molar-refractivity contribution < 1.29 is 38.0 Å². The van der Waals surface area contributed by atoms with E-state index in [4.69, 9.17) is 24.0 Å². The zero-order chi connectivity index (χ0) is 25.5. The molecule has 8 nitrogen and oxygen atoms in total. The molecule has 4 heterocycles. The summed E-state index contributed by atoms with van der Waals surface area (Å²) in [5.41, 5.74) is 0.217. The molecule has 4 aliphatic heterocycles. The molecule has 1 aromatic carbocycles. The topological polar surface area (TPSA) is 92.3 Å². The molecule has 2 bridgehead atoms. The molecular weight excluding hydrogens is 469 g/mol. The Bertz CT molecular complexity index is 973. The van der Waals surface area contributed by atoms with E-state index in [9.17, 15) is 14.0 Å². The van der Waals surface area contributed by atoms with Crippen LogP contribution in [0.5, 0.6) is 0 Å². The molecule has 36 heavy (non-hydrogen) atoms. The summed E-state index contributed by atoms with van der Waals surface area (Å²) in [6, 6.07) is 6.15. The number of rotatable bonds is 7. The van der Waals surface area contributed by atoms with Crippen molar-refractivity contribution in [3.63, 3.8) is 0 Å². The quantitative estimate of drug-likeness (QED) is 0.442. The van der Waals surface area contributed by atoms with Crippen molar-refractivity contribution in [1.82, 2.24) is 5.32 Å². The van der Waals surface area contributed by atoms with Gasteiger partial charge in [-0.15, -0.1) is 0 Å². The van der Waals surface area contributed by atoms with Crippen LogP contribution in [0.25, 0.3) is 0 Å².